The van der Waals surface area contributed by atoms with Crippen LogP contribution in [0.1, 0.15) is 11.4 Å². The average Bonchev–Trinajstić information content (AvgIpc) is 3.26. The molecule has 132 valence electrons. The van der Waals surface area contributed by atoms with E-state index < -0.39 is 6.03 Å². The number of aryl methyl sites for hydroxylation is 1. The molecule has 26 heavy (non-hydrogen) atoms. The Balaban J connectivity index is 1.80. The van der Waals surface area contributed by atoms with Crippen molar-refractivity contribution < 1.29 is 14.3 Å². The molecule has 1 aromatic carbocycles. The number of fused-ring (bicyclic) bond motifs is 1. The Kier molecular flexibility index (Phi) is 3.92. The third kappa shape index (κ3) is 3.04. The number of urea groups is 1. The van der Waals surface area contributed by atoms with Crippen LogP contribution in [0.5, 0.6) is 11.5 Å². The number of nitrogens with two attached hydrogens (primary N) is 1. The number of aromatic nitrogens is 3. The minimum absolute atomic E-state index is 0.211. The topological polar surface area (TPSA) is 104 Å². The average molecular weight is 351 g/mol. The van der Waals surface area contributed by atoms with Gasteiger partial charge in [0, 0.05) is 18.0 Å². The predicted octanol–water partition coefficient (Wildman–Crippen LogP) is 2.14. The highest BCUT2D eigenvalue weighted by Gasteiger charge is 2.18. The van der Waals surface area contributed by atoms with Crippen LogP contribution in [0.2, 0.25) is 0 Å². The third-order valence-corrected chi connectivity index (χ3v) is 3.95. The fourth-order valence-corrected chi connectivity index (χ4v) is 2.77. The van der Waals surface area contributed by atoms with Crippen LogP contribution in [-0.2, 0) is 6.54 Å². The Morgan fingerprint density at radius 1 is 1.23 bits per heavy atom. The second kappa shape index (κ2) is 6.40. The zero-order chi connectivity index (χ0) is 18.1. The number of ether oxygens (including phenoxy) is 2. The van der Waals surface area contributed by atoms with Crippen LogP contribution in [0.4, 0.5) is 4.79 Å². The number of hydrogen-bond acceptors (Lipinski definition) is 5. The molecule has 0 fully saturated rings. The van der Waals surface area contributed by atoms with Crippen molar-refractivity contribution in [2.75, 3.05) is 6.79 Å². The van der Waals surface area contributed by atoms with Crippen LogP contribution < -0.4 is 20.5 Å². The first-order valence-corrected chi connectivity index (χ1v) is 8.06. The van der Waals surface area contributed by atoms with Gasteiger partial charge in [0.25, 0.3) is 0 Å². The highest BCUT2D eigenvalue weighted by atomic mass is 16.7. The zero-order valence-electron chi connectivity index (χ0n) is 14.1. The molecule has 0 radical (unpaired) electrons. The summed E-state index contributed by atoms with van der Waals surface area (Å²) in [5.41, 5.74) is 8.30. The number of pyridine rings is 1. The maximum atomic E-state index is 11.0. The molecule has 0 saturated carbocycles. The van der Waals surface area contributed by atoms with Gasteiger partial charge in [-0.05, 0) is 31.2 Å². The standard InChI is InChI=1S/C18H17N5O3/c1-11-3-2-4-14(21-11)17-22-12(8-20-18(19)24)9-23(17)13-5-6-15-16(7-13)26-10-25-15/h2-7,9H,8,10H2,1H3,(H3,19,20,24). The lowest BCUT2D eigenvalue weighted by Gasteiger charge is -2.08. The summed E-state index contributed by atoms with van der Waals surface area (Å²) >= 11 is 0. The molecule has 0 spiro atoms. The molecule has 1 aliphatic rings. The molecule has 2 aromatic heterocycles. The predicted molar refractivity (Wildman–Crippen MR) is 94.1 cm³/mol. The molecule has 3 heterocycles. The van der Waals surface area contributed by atoms with Crippen molar-refractivity contribution in [1.29, 1.82) is 0 Å². The lowest BCUT2D eigenvalue weighted by atomic mass is 10.2. The Hall–Kier alpha value is -3.55. The molecular formula is C18H17N5O3. The van der Waals surface area contributed by atoms with Gasteiger partial charge in [0.1, 0.15) is 5.69 Å². The molecule has 8 heteroatoms. The summed E-state index contributed by atoms with van der Waals surface area (Å²) in [4.78, 5) is 20.2. The number of primary amides is 1. The van der Waals surface area contributed by atoms with Crippen molar-refractivity contribution in [1.82, 2.24) is 19.9 Å². The molecule has 0 atom stereocenters. The smallest absolute Gasteiger partial charge is 0.312 e. The Bertz CT molecular complexity index is 983. The second-order valence-corrected chi connectivity index (χ2v) is 5.85. The van der Waals surface area contributed by atoms with Crippen LogP contribution in [-0.4, -0.2) is 27.4 Å². The van der Waals surface area contributed by atoms with Crippen LogP contribution in [0.3, 0.4) is 0 Å². The van der Waals surface area contributed by atoms with Gasteiger partial charge >= 0.3 is 6.03 Å². The fourth-order valence-electron chi connectivity index (χ4n) is 2.77. The first-order valence-electron chi connectivity index (χ1n) is 8.06. The van der Waals surface area contributed by atoms with Gasteiger partial charge in [0.05, 0.1) is 17.9 Å². The van der Waals surface area contributed by atoms with Gasteiger partial charge in [-0.3, -0.25) is 4.57 Å². The summed E-state index contributed by atoms with van der Waals surface area (Å²) in [6, 6.07) is 10.8. The number of benzene rings is 1. The summed E-state index contributed by atoms with van der Waals surface area (Å²) in [6.07, 6.45) is 1.84. The van der Waals surface area contributed by atoms with Crippen molar-refractivity contribution in [3.63, 3.8) is 0 Å². The van der Waals surface area contributed by atoms with E-state index in [1.807, 2.05) is 54.1 Å². The van der Waals surface area contributed by atoms with E-state index in [0.29, 0.717) is 23.0 Å². The number of carbonyl (C=O) groups is 1. The lowest BCUT2D eigenvalue weighted by molar-refractivity contribution is 0.174. The van der Waals surface area contributed by atoms with Gasteiger partial charge in [-0.2, -0.15) is 0 Å². The number of nitrogens with zero attached hydrogens (tertiary/aromatic N) is 3. The van der Waals surface area contributed by atoms with Crippen LogP contribution >= 0.6 is 0 Å². The lowest BCUT2D eigenvalue weighted by Crippen LogP contribution is -2.28. The minimum Gasteiger partial charge on any atom is -0.454 e. The van der Waals surface area contributed by atoms with E-state index in [1.165, 1.54) is 0 Å². The van der Waals surface area contributed by atoms with E-state index in [-0.39, 0.29) is 13.3 Å². The third-order valence-electron chi connectivity index (χ3n) is 3.95. The largest absolute Gasteiger partial charge is 0.454 e. The Labute approximate surface area is 149 Å². The van der Waals surface area contributed by atoms with Crippen molar-refractivity contribution >= 4 is 6.03 Å². The molecule has 1 aliphatic heterocycles. The molecule has 0 unspecified atom stereocenters. The molecule has 2 amide bonds. The fraction of sp³-hybridized carbons (Fsp3) is 0.167. The van der Waals surface area contributed by atoms with Crippen molar-refractivity contribution in [2.45, 2.75) is 13.5 Å². The molecule has 3 N–H and O–H groups in total. The number of rotatable bonds is 4. The Morgan fingerprint density at radius 2 is 2.08 bits per heavy atom. The number of carbonyl (C=O) groups excluding carboxylic acids is 1. The number of nitrogens with one attached hydrogen (secondary N) is 1. The monoisotopic (exact) mass is 351 g/mol. The summed E-state index contributed by atoms with van der Waals surface area (Å²) in [5, 5.41) is 2.56. The molecule has 0 saturated heterocycles. The van der Waals surface area contributed by atoms with Gasteiger partial charge < -0.3 is 20.5 Å². The van der Waals surface area contributed by atoms with Crippen molar-refractivity contribution in [2.24, 2.45) is 5.73 Å². The highest BCUT2D eigenvalue weighted by molar-refractivity contribution is 5.71. The van der Waals surface area contributed by atoms with Gasteiger partial charge in [-0.15, -0.1) is 0 Å². The van der Waals surface area contributed by atoms with Crippen molar-refractivity contribution in [3.05, 3.63) is 54.0 Å². The van der Waals surface area contributed by atoms with E-state index in [4.69, 9.17) is 15.2 Å². The molecule has 4 rings (SSSR count). The van der Waals surface area contributed by atoms with E-state index in [2.05, 4.69) is 15.3 Å². The van der Waals surface area contributed by atoms with E-state index in [0.717, 1.165) is 17.1 Å². The first kappa shape index (κ1) is 15.9. The SMILES string of the molecule is Cc1cccc(-c2nc(CNC(N)=O)cn2-c2ccc3c(c2)OCO3)n1. The molecular weight excluding hydrogens is 334 g/mol. The van der Waals surface area contributed by atoms with E-state index in [1.54, 1.807) is 0 Å². The minimum atomic E-state index is -0.599. The van der Waals surface area contributed by atoms with Crippen LogP contribution in [0, 0.1) is 6.92 Å². The van der Waals surface area contributed by atoms with Gasteiger partial charge in [0.2, 0.25) is 6.79 Å². The maximum absolute atomic E-state index is 11.0. The zero-order valence-corrected chi connectivity index (χ0v) is 14.1. The number of amides is 2. The molecule has 8 nitrogen and oxygen atoms in total. The molecule has 3 aromatic rings. The van der Waals surface area contributed by atoms with Crippen LogP contribution in [0.25, 0.3) is 17.2 Å². The van der Waals surface area contributed by atoms with Crippen LogP contribution in [0.15, 0.2) is 42.6 Å². The second-order valence-electron chi connectivity index (χ2n) is 5.85. The molecule has 0 aliphatic carbocycles. The molecule has 0 bridgehead atoms. The quantitative estimate of drug-likeness (QED) is 0.749. The Morgan fingerprint density at radius 3 is 2.88 bits per heavy atom. The number of imidazole rings is 1. The van der Waals surface area contributed by atoms with E-state index >= 15 is 0 Å². The first-order chi connectivity index (χ1) is 12.6. The van der Waals surface area contributed by atoms with Crippen molar-refractivity contribution in [3.8, 4) is 28.7 Å². The maximum Gasteiger partial charge on any atom is 0.312 e. The highest BCUT2D eigenvalue weighted by Crippen LogP contribution is 2.34. The summed E-state index contributed by atoms with van der Waals surface area (Å²) in [6.45, 7) is 2.36. The number of hydrogen-bond donors (Lipinski definition) is 2. The summed E-state index contributed by atoms with van der Waals surface area (Å²) < 4.78 is 12.7. The summed E-state index contributed by atoms with van der Waals surface area (Å²) in [7, 11) is 0. The van der Waals surface area contributed by atoms with Gasteiger partial charge in [-0.25, -0.2) is 14.8 Å². The van der Waals surface area contributed by atoms with Gasteiger partial charge in [-0.1, -0.05) is 6.07 Å². The normalized spacial score (nSPS) is 12.2. The summed E-state index contributed by atoms with van der Waals surface area (Å²) in [5.74, 6) is 2.05. The van der Waals surface area contributed by atoms with Gasteiger partial charge in [0.15, 0.2) is 17.3 Å². The van der Waals surface area contributed by atoms with E-state index in [9.17, 15) is 4.79 Å².